The summed E-state index contributed by atoms with van der Waals surface area (Å²) in [6, 6.07) is 15.6. The normalized spacial score (nSPS) is 11.0. The zero-order valence-corrected chi connectivity index (χ0v) is 13.1. The highest BCUT2D eigenvalue weighted by atomic mass is 35.5. The lowest BCUT2D eigenvalue weighted by atomic mass is 10.1. The van der Waals surface area contributed by atoms with Gasteiger partial charge in [0.1, 0.15) is 0 Å². The van der Waals surface area contributed by atoms with Crippen LogP contribution in [0.1, 0.15) is 16.7 Å². The van der Waals surface area contributed by atoms with E-state index >= 15 is 0 Å². The molecule has 0 spiro atoms. The van der Waals surface area contributed by atoms with Gasteiger partial charge in [0.25, 0.3) is 5.56 Å². The highest BCUT2D eigenvalue weighted by Gasteiger charge is 2.04. The van der Waals surface area contributed by atoms with Crippen molar-refractivity contribution in [1.82, 2.24) is 10.3 Å². The molecule has 2 aromatic carbocycles. The van der Waals surface area contributed by atoms with Crippen molar-refractivity contribution in [2.45, 2.75) is 20.0 Å². The van der Waals surface area contributed by atoms with Gasteiger partial charge in [0.2, 0.25) is 0 Å². The fourth-order valence-electron chi connectivity index (χ4n) is 2.48. The Hall–Kier alpha value is -2.10. The Bertz CT molecular complexity index is 870. The summed E-state index contributed by atoms with van der Waals surface area (Å²) in [5.74, 6) is 0. The minimum absolute atomic E-state index is 0.0528. The average Bonchev–Trinajstić information content (AvgIpc) is 2.50. The molecule has 0 atom stereocenters. The number of H-pyrrole nitrogens is 1. The van der Waals surface area contributed by atoms with Crippen LogP contribution in [0.3, 0.4) is 0 Å². The summed E-state index contributed by atoms with van der Waals surface area (Å²) in [6.07, 6.45) is 0. The Kier molecular flexibility index (Phi) is 4.27. The van der Waals surface area contributed by atoms with Crippen molar-refractivity contribution in [2.24, 2.45) is 0 Å². The van der Waals surface area contributed by atoms with Gasteiger partial charge in [-0.1, -0.05) is 41.4 Å². The molecule has 3 nitrogen and oxygen atoms in total. The summed E-state index contributed by atoms with van der Waals surface area (Å²) >= 11 is 6.12. The number of aryl methyl sites for hydroxylation is 1. The van der Waals surface area contributed by atoms with E-state index in [-0.39, 0.29) is 5.56 Å². The van der Waals surface area contributed by atoms with Gasteiger partial charge < -0.3 is 10.3 Å². The maximum absolute atomic E-state index is 12.1. The molecule has 2 N–H and O–H groups in total. The van der Waals surface area contributed by atoms with Crippen LogP contribution in [0, 0.1) is 6.92 Å². The number of aromatic nitrogens is 1. The molecule has 1 aromatic heterocycles. The molecule has 3 rings (SSSR count). The molecule has 0 aliphatic carbocycles. The molecule has 112 valence electrons. The second kappa shape index (κ2) is 6.34. The first-order chi connectivity index (χ1) is 10.6. The summed E-state index contributed by atoms with van der Waals surface area (Å²) < 4.78 is 0. The van der Waals surface area contributed by atoms with Crippen LogP contribution >= 0.6 is 11.6 Å². The summed E-state index contributed by atoms with van der Waals surface area (Å²) in [4.78, 5) is 15.0. The van der Waals surface area contributed by atoms with E-state index in [1.165, 1.54) is 5.56 Å². The van der Waals surface area contributed by atoms with Crippen LogP contribution < -0.4 is 10.9 Å². The Labute approximate surface area is 133 Å². The van der Waals surface area contributed by atoms with Gasteiger partial charge in [-0.15, -0.1) is 0 Å². The van der Waals surface area contributed by atoms with Crippen LogP contribution in [-0.2, 0) is 13.1 Å². The lowest BCUT2D eigenvalue weighted by molar-refractivity contribution is 0.689. The SMILES string of the molecule is Cc1ccc2[nH]c(=O)c(CNCc3ccccc3Cl)cc2c1. The van der Waals surface area contributed by atoms with Gasteiger partial charge in [0.15, 0.2) is 0 Å². The smallest absolute Gasteiger partial charge is 0.252 e. The topological polar surface area (TPSA) is 44.9 Å². The maximum Gasteiger partial charge on any atom is 0.252 e. The van der Waals surface area contributed by atoms with Crippen molar-refractivity contribution in [3.05, 3.63) is 80.6 Å². The molecule has 0 aliphatic heterocycles. The Morgan fingerprint density at radius 3 is 2.64 bits per heavy atom. The second-order valence-corrected chi connectivity index (χ2v) is 5.82. The highest BCUT2D eigenvalue weighted by molar-refractivity contribution is 6.31. The quantitative estimate of drug-likeness (QED) is 0.770. The summed E-state index contributed by atoms with van der Waals surface area (Å²) in [7, 11) is 0. The molecule has 3 aromatic rings. The standard InChI is InChI=1S/C18H17ClN2O/c1-12-6-7-17-14(8-12)9-15(18(22)21-17)11-20-10-13-4-2-3-5-16(13)19/h2-9,20H,10-11H2,1H3,(H,21,22). The zero-order chi connectivity index (χ0) is 15.5. The summed E-state index contributed by atoms with van der Waals surface area (Å²) in [5, 5.41) is 5.06. The number of nitrogens with one attached hydrogen (secondary N) is 2. The first-order valence-electron chi connectivity index (χ1n) is 7.20. The third-order valence-electron chi connectivity index (χ3n) is 3.67. The Morgan fingerprint density at radius 1 is 1.05 bits per heavy atom. The first kappa shape index (κ1) is 14.8. The molecule has 0 saturated heterocycles. The zero-order valence-electron chi connectivity index (χ0n) is 12.3. The largest absolute Gasteiger partial charge is 0.322 e. The van der Waals surface area contributed by atoms with Crippen molar-refractivity contribution < 1.29 is 0 Å². The van der Waals surface area contributed by atoms with E-state index in [9.17, 15) is 4.79 Å². The third kappa shape index (κ3) is 3.21. The van der Waals surface area contributed by atoms with Crippen molar-refractivity contribution >= 4 is 22.5 Å². The van der Waals surface area contributed by atoms with E-state index in [4.69, 9.17) is 11.6 Å². The Morgan fingerprint density at radius 2 is 1.82 bits per heavy atom. The minimum atomic E-state index is -0.0528. The number of rotatable bonds is 4. The van der Waals surface area contributed by atoms with Gasteiger partial charge >= 0.3 is 0 Å². The van der Waals surface area contributed by atoms with E-state index in [1.807, 2.05) is 49.4 Å². The number of hydrogen-bond donors (Lipinski definition) is 2. The average molecular weight is 313 g/mol. The fraction of sp³-hybridized carbons (Fsp3) is 0.167. The van der Waals surface area contributed by atoms with Gasteiger partial charge in [-0.3, -0.25) is 4.79 Å². The van der Waals surface area contributed by atoms with Crippen molar-refractivity contribution in [1.29, 1.82) is 0 Å². The lowest BCUT2D eigenvalue weighted by Gasteiger charge is -2.07. The molecule has 0 fully saturated rings. The number of hydrogen-bond acceptors (Lipinski definition) is 2. The molecule has 1 heterocycles. The predicted octanol–water partition coefficient (Wildman–Crippen LogP) is 3.78. The van der Waals surface area contributed by atoms with Crippen molar-refractivity contribution in [3.63, 3.8) is 0 Å². The van der Waals surface area contributed by atoms with Gasteiger partial charge in [-0.2, -0.15) is 0 Å². The molecule has 0 saturated carbocycles. The third-order valence-corrected chi connectivity index (χ3v) is 4.03. The predicted molar refractivity (Wildman–Crippen MR) is 91.3 cm³/mol. The van der Waals surface area contributed by atoms with Crippen LogP contribution in [0.2, 0.25) is 5.02 Å². The van der Waals surface area contributed by atoms with Crippen LogP contribution in [0.5, 0.6) is 0 Å². The fourth-order valence-corrected chi connectivity index (χ4v) is 2.68. The van der Waals surface area contributed by atoms with E-state index in [0.29, 0.717) is 13.1 Å². The van der Waals surface area contributed by atoms with Gasteiger partial charge in [0.05, 0.1) is 0 Å². The number of pyridine rings is 1. The van der Waals surface area contributed by atoms with E-state index in [2.05, 4.69) is 16.4 Å². The number of aromatic amines is 1. The van der Waals surface area contributed by atoms with Crippen molar-refractivity contribution in [2.75, 3.05) is 0 Å². The van der Waals surface area contributed by atoms with Crippen LogP contribution in [-0.4, -0.2) is 4.98 Å². The Balaban J connectivity index is 1.78. The van der Waals surface area contributed by atoms with Gasteiger partial charge in [-0.25, -0.2) is 0 Å². The molecule has 0 radical (unpaired) electrons. The molecular weight excluding hydrogens is 296 g/mol. The lowest BCUT2D eigenvalue weighted by Crippen LogP contribution is -2.20. The second-order valence-electron chi connectivity index (χ2n) is 5.41. The minimum Gasteiger partial charge on any atom is -0.322 e. The maximum atomic E-state index is 12.1. The highest BCUT2D eigenvalue weighted by Crippen LogP contribution is 2.15. The molecule has 22 heavy (non-hydrogen) atoms. The first-order valence-corrected chi connectivity index (χ1v) is 7.58. The molecule has 0 amide bonds. The van der Waals surface area contributed by atoms with E-state index in [1.54, 1.807) is 0 Å². The molecule has 0 aliphatic rings. The molecular formula is C18H17ClN2O. The van der Waals surface area contributed by atoms with Crippen LogP contribution in [0.4, 0.5) is 0 Å². The van der Waals surface area contributed by atoms with Gasteiger partial charge in [-0.05, 0) is 42.1 Å². The monoisotopic (exact) mass is 312 g/mol. The number of halogens is 1. The molecule has 0 unspecified atom stereocenters. The molecule has 4 heteroatoms. The van der Waals surface area contributed by atoms with Crippen LogP contribution in [0.15, 0.2) is 53.3 Å². The van der Waals surface area contributed by atoms with Crippen molar-refractivity contribution in [3.8, 4) is 0 Å². The van der Waals surface area contributed by atoms with Gasteiger partial charge in [0, 0.05) is 29.2 Å². The van der Waals surface area contributed by atoms with E-state index in [0.717, 1.165) is 27.1 Å². The number of benzene rings is 2. The van der Waals surface area contributed by atoms with Crippen LogP contribution in [0.25, 0.3) is 10.9 Å². The molecule has 0 bridgehead atoms. The number of fused-ring (bicyclic) bond motifs is 1. The van der Waals surface area contributed by atoms with E-state index < -0.39 is 0 Å². The summed E-state index contributed by atoms with van der Waals surface area (Å²) in [5.41, 5.74) is 3.74. The summed E-state index contributed by atoms with van der Waals surface area (Å²) in [6.45, 7) is 3.18.